The molecule has 3 rings (SSSR count). The molecule has 4 heteroatoms. The Bertz CT molecular complexity index is 480. The SMILES string of the molecule is CN1CCN(c2ccccc2)C(c2cn[nH]c2)C1. The standard InChI is InChI=1S/C14H18N4/c1-17-7-8-18(13-5-3-2-4-6-13)14(11-17)12-9-15-16-10-12/h2-6,9-10,14H,7-8,11H2,1H3,(H,15,16). The Kier molecular flexibility index (Phi) is 3.02. The quantitative estimate of drug-likeness (QED) is 0.873. The van der Waals surface area contributed by atoms with Crippen molar-refractivity contribution in [2.24, 2.45) is 0 Å². The fourth-order valence-electron chi connectivity index (χ4n) is 2.58. The molecular weight excluding hydrogens is 224 g/mol. The summed E-state index contributed by atoms with van der Waals surface area (Å²) in [5, 5.41) is 7.00. The molecule has 1 aromatic heterocycles. The van der Waals surface area contributed by atoms with E-state index < -0.39 is 0 Å². The van der Waals surface area contributed by atoms with Gasteiger partial charge in [-0.1, -0.05) is 18.2 Å². The van der Waals surface area contributed by atoms with E-state index in [-0.39, 0.29) is 0 Å². The molecular formula is C14H18N4. The summed E-state index contributed by atoms with van der Waals surface area (Å²) < 4.78 is 0. The van der Waals surface area contributed by atoms with Gasteiger partial charge < -0.3 is 9.80 Å². The average Bonchev–Trinajstić information content (AvgIpc) is 2.93. The molecule has 0 aliphatic carbocycles. The highest BCUT2D eigenvalue weighted by molar-refractivity contribution is 5.49. The number of hydrogen-bond acceptors (Lipinski definition) is 3. The Labute approximate surface area is 107 Å². The third-order valence-corrected chi connectivity index (χ3v) is 3.58. The Balaban J connectivity index is 1.91. The van der Waals surface area contributed by atoms with Crippen LogP contribution in [0.25, 0.3) is 0 Å². The molecule has 0 spiro atoms. The minimum atomic E-state index is 0.380. The number of anilines is 1. The fraction of sp³-hybridized carbons (Fsp3) is 0.357. The maximum atomic E-state index is 4.08. The number of piperazine rings is 1. The molecule has 2 heterocycles. The van der Waals surface area contributed by atoms with Gasteiger partial charge in [0.15, 0.2) is 0 Å². The van der Waals surface area contributed by atoms with Crippen LogP contribution in [-0.4, -0.2) is 41.8 Å². The lowest BCUT2D eigenvalue weighted by molar-refractivity contribution is 0.269. The molecule has 1 fully saturated rings. The summed E-state index contributed by atoms with van der Waals surface area (Å²) in [6.07, 6.45) is 3.93. The Hall–Kier alpha value is -1.81. The number of aromatic amines is 1. The topological polar surface area (TPSA) is 35.2 Å². The van der Waals surface area contributed by atoms with Crippen molar-refractivity contribution >= 4 is 5.69 Å². The molecule has 1 atom stereocenters. The third-order valence-electron chi connectivity index (χ3n) is 3.58. The number of rotatable bonds is 2. The average molecular weight is 242 g/mol. The first-order chi connectivity index (χ1) is 8.84. The van der Waals surface area contributed by atoms with Crippen LogP contribution in [0.4, 0.5) is 5.69 Å². The number of nitrogens with one attached hydrogen (secondary N) is 1. The minimum absolute atomic E-state index is 0.380. The first-order valence-corrected chi connectivity index (χ1v) is 6.33. The van der Waals surface area contributed by atoms with Crippen molar-refractivity contribution in [1.29, 1.82) is 0 Å². The van der Waals surface area contributed by atoms with E-state index in [1.807, 2.05) is 12.4 Å². The van der Waals surface area contributed by atoms with Gasteiger partial charge >= 0.3 is 0 Å². The number of H-pyrrole nitrogens is 1. The number of likely N-dealkylation sites (N-methyl/N-ethyl adjacent to an activating group) is 1. The number of nitrogens with zero attached hydrogens (tertiary/aromatic N) is 3. The zero-order valence-electron chi connectivity index (χ0n) is 10.6. The van der Waals surface area contributed by atoms with Crippen molar-refractivity contribution in [3.05, 3.63) is 48.3 Å². The second-order valence-electron chi connectivity index (χ2n) is 4.84. The summed E-state index contributed by atoms with van der Waals surface area (Å²) in [7, 11) is 2.18. The second-order valence-corrected chi connectivity index (χ2v) is 4.84. The summed E-state index contributed by atoms with van der Waals surface area (Å²) in [5.74, 6) is 0. The summed E-state index contributed by atoms with van der Waals surface area (Å²) in [5.41, 5.74) is 2.54. The van der Waals surface area contributed by atoms with Crippen molar-refractivity contribution in [1.82, 2.24) is 15.1 Å². The van der Waals surface area contributed by atoms with E-state index in [4.69, 9.17) is 0 Å². The van der Waals surface area contributed by atoms with Gasteiger partial charge in [-0.05, 0) is 19.2 Å². The van der Waals surface area contributed by atoms with E-state index in [0.29, 0.717) is 6.04 Å². The molecule has 2 aromatic rings. The number of benzene rings is 1. The lowest BCUT2D eigenvalue weighted by Crippen LogP contribution is -2.46. The normalized spacial score (nSPS) is 21.2. The van der Waals surface area contributed by atoms with Crippen LogP contribution in [0.3, 0.4) is 0 Å². The van der Waals surface area contributed by atoms with Gasteiger partial charge in [0.1, 0.15) is 0 Å². The molecule has 1 N–H and O–H groups in total. The van der Waals surface area contributed by atoms with Crippen molar-refractivity contribution < 1.29 is 0 Å². The highest BCUT2D eigenvalue weighted by Crippen LogP contribution is 2.29. The van der Waals surface area contributed by atoms with E-state index in [0.717, 1.165) is 19.6 Å². The molecule has 1 aliphatic heterocycles. The molecule has 1 unspecified atom stereocenters. The van der Waals surface area contributed by atoms with E-state index in [1.165, 1.54) is 11.3 Å². The largest absolute Gasteiger partial charge is 0.362 e. The fourth-order valence-corrected chi connectivity index (χ4v) is 2.58. The second kappa shape index (κ2) is 4.82. The third kappa shape index (κ3) is 2.11. The zero-order chi connectivity index (χ0) is 12.4. The zero-order valence-corrected chi connectivity index (χ0v) is 10.6. The van der Waals surface area contributed by atoms with Gasteiger partial charge in [0.05, 0.1) is 12.2 Å². The van der Waals surface area contributed by atoms with Gasteiger partial charge in [-0.25, -0.2) is 0 Å². The molecule has 1 aliphatic rings. The van der Waals surface area contributed by atoms with Crippen LogP contribution >= 0.6 is 0 Å². The van der Waals surface area contributed by atoms with Crippen LogP contribution in [0.2, 0.25) is 0 Å². The van der Waals surface area contributed by atoms with Crippen molar-refractivity contribution in [3.63, 3.8) is 0 Å². The molecule has 94 valence electrons. The van der Waals surface area contributed by atoms with Crippen LogP contribution in [0.15, 0.2) is 42.7 Å². The lowest BCUT2D eigenvalue weighted by atomic mass is 10.1. The molecule has 0 radical (unpaired) electrons. The predicted octanol–water partition coefficient (Wildman–Crippen LogP) is 1.90. The molecule has 0 saturated carbocycles. The smallest absolute Gasteiger partial charge is 0.0700 e. The van der Waals surface area contributed by atoms with Crippen LogP contribution < -0.4 is 4.90 Å². The van der Waals surface area contributed by atoms with E-state index in [2.05, 4.69) is 57.4 Å². The number of aromatic nitrogens is 2. The van der Waals surface area contributed by atoms with Crippen LogP contribution in [0.1, 0.15) is 11.6 Å². The number of hydrogen-bond donors (Lipinski definition) is 1. The van der Waals surface area contributed by atoms with Gasteiger partial charge in [-0.15, -0.1) is 0 Å². The Morgan fingerprint density at radius 1 is 1.22 bits per heavy atom. The maximum Gasteiger partial charge on any atom is 0.0700 e. The van der Waals surface area contributed by atoms with Crippen LogP contribution in [-0.2, 0) is 0 Å². The number of para-hydroxylation sites is 1. The first-order valence-electron chi connectivity index (χ1n) is 6.33. The molecule has 18 heavy (non-hydrogen) atoms. The van der Waals surface area contributed by atoms with Crippen molar-refractivity contribution in [2.75, 3.05) is 31.6 Å². The molecule has 1 saturated heterocycles. The highest BCUT2D eigenvalue weighted by atomic mass is 15.3. The van der Waals surface area contributed by atoms with Gasteiger partial charge in [0.25, 0.3) is 0 Å². The summed E-state index contributed by atoms with van der Waals surface area (Å²) in [4.78, 5) is 4.84. The minimum Gasteiger partial charge on any atom is -0.362 e. The van der Waals surface area contributed by atoms with E-state index >= 15 is 0 Å². The maximum absolute atomic E-state index is 4.08. The van der Waals surface area contributed by atoms with E-state index in [9.17, 15) is 0 Å². The first kappa shape index (κ1) is 11.3. The molecule has 1 aromatic carbocycles. The van der Waals surface area contributed by atoms with Crippen molar-refractivity contribution in [2.45, 2.75) is 6.04 Å². The summed E-state index contributed by atoms with van der Waals surface area (Å²) >= 11 is 0. The summed E-state index contributed by atoms with van der Waals surface area (Å²) in [6, 6.07) is 11.0. The lowest BCUT2D eigenvalue weighted by Gasteiger charge is -2.41. The van der Waals surface area contributed by atoms with E-state index in [1.54, 1.807) is 0 Å². The van der Waals surface area contributed by atoms with Gasteiger partial charge in [0.2, 0.25) is 0 Å². The predicted molar refractivity (Wildman–Crippen MR) is 72.6 cm³/mol. The van der Waals surface area contributed by atoms with Crippen molar-refractivity contribution in [3.8, 4) is 0 Å². The van der Waals surface area contributed by atoms with Gasteiger partial charge in [0, 0.05) is 37.1 Å². The van der Waals surface area contributed by atoms with Gasteiger partial charge in [-0.3, -0.25) is 5.10 Å². The summed E-state index contributed by atoms with van der Waals surface area (Å²) in [6.45, 7) is 3.19. The molecule has 0 amide bonds. The highest BCUT2D eigenvalue weighted by Gasteiger charge is 2.27. The molecule has 0 bridgehead atoms. The molecule has 4 nitrogen and oxygen atoms in total. The monoisotopic (exact) mass is 242 g/mol. The van der Waals surface area contributed by atoms with Crippen LogP contribution in [0.5, 0.6) is 0 Å². The van der Waals surface area contributed by atoms with Crippen LogP contribution in [0, 0.1) is 0 Å². The van der Waals surface area contributed by atoms with Gasteiger partial charge in [-0.2, -0.15) is 5.10 Å². The Morgan fingerprint density at radius 3 is 2.78 bits per heavy atom. The Morgan fingerprint density at radius 2 is 2.06 bits per heavy atom.